The van der Waals surface area contributed by atoms with Crippen molar-refractivity contribution in [3.05, 3.63) is 136 Å². The summed E-state index contributed by atoms with van der Waals surface area (Å²) in [5.74, 6) is 0.596. The predicted octanol–water partition coefficient (Wildman–Crippen LogP) is 8.32. The first-order chi connectivity index (χ1) is 22.3. The molecule has 9 heteroatoms. The Morgan fingerprint density at radius 1 is 0.870 bits per heavy atom. The molecule has 242 valence electrons. The summed E-state index contributed by atoms with van der Waals surface area (Å²) in [7, 11) is 0. The number of unbranched alkanes of at least 4 members (excludes halogenated alkanes) is 1. The Labute approximate surface area is 273 Å². The number of benzene rings is 4. The summed E-state index contributed by atoms with van der Waals surface area (Å²) in [4.78, 5) is 16.8. The highest BCUT2D eigenvalue weighted by molar-refractivity contribution is 6.32. The Morgan fingerprint density at radius 2 is 1.52 bits per heavy atom. The minimum Gasteiger partial charge on any atom is -0.494 e. The number of hydrogen-bond acceptors (Lipinski definition) is 4. The largest absolute Gasteiger partial charge is 0.494 e. The monoisotopic (exact) mass is 650 g/mol. The second-order valence-corrected chi connectivity index (χ2v) is 11.8. The number of morpholine rings is 1. The zero-order valence-electron chi connectivity index (χ0n) is 25.6. The highest BCUT2D eigenvalue weighted by atomic mass is 35.5. The third-order valence-corrected chi connectivity index (χ3v) is 8.59. The third-order valence-electron chi connectivity index (χ3n) is 8.14. The maximum atomic E-state index is 13.7. The lowest BCUT2D eigenvalue weighted by atomic mass is 9.90. The maximum absolute atomic E-state index is 13.7. The molecule has 1 aliphatic heterocycles. The molecule has 0 saturated carbocycles. The van der Waals surface area contributed by atoms with Gasteiger partial charge < -0.3 is 14.4 Å². The molecule has 0 aromatic heterocycles. The molecule has 0 atom stereocenters. The predicted molar refractivity (Wildman–Crippen MR) is 174 cm³/mol. The van der Waals surface area contributed by atoms with Crippen LogP contribution < -0.4 is 4.74 Å². The van der Waals surface area contributed by atoms with Crippen molar-refractivity contribution in [1.29, 1.82) is 0 Å². The van der Waals surface area contributed by atoms with Crippen molar-refractivity contribution < 1.29 is 27.4 Å². The van der Waals surface area contributed by atoms with Crippen molar-refractivity contribution in [2.45, 2.75) is 31.5 Å². The number of nitrogens with zero attached hydrogens (tertiary/aromatic N) is 2. The molecule has 0 unspecified atom stereocenters. The van der Waals surface area contributed by atoms with Crippen LogP contribution in [0.25, 0.3) is 0 Å². The van der Waals surface area contributed by atoms with E-state index in [0.717, 1.165) is 30.0 Å². The van der Waals surface area contributed by atoms with Gasteiger partial charge in [-0.25, -0.2) is 0 Å². The van der Waals surface area contributed by atoms with Crippen molar-refractivity contribution in [1.82, 2.24) is 9.80 Å². The van der Waals surface area contributed by atoms with Crippen LogP contribution in [-0.2, 0) is 17.5 Å². The Bertz CT molecular complexity index is 1510. The van der Waals surface area contributed by atoms with Crippen molar-refractivity contribution in [2.75, 3.05) is 46.0 Å². The summed E-state index contributed by atoms with van der Waals surface area (Å²) in [6.45, 7) is 4.14. The summed E-state index contributed by atoms with van der Waals surface area (Å²) >= 11 is 6.34. The van der Waals surface area contributed by atoms with Gasteiger partial charge in [0.1, 0.15) is 5.75 Å². The van der Waals surface area contributed by atoms with Gasteiger partial charge in [-0.15, -0.1) is 0 Å². The number of rotatable bonds is 13. The highest BCUT2D eigenvalue weighted by Crippen LogP contribution is 2.37. The number of hydrogen-bond donors (Lipinski definition) is 0. The third kappa shape index (κ3) is 9.12. The SMILES string of the molecule is O=C(c1cccc(OCCCCN(Cc2cccc(C(F)(F)F)c2Cl)CC(c2ccccc2)c2ccccc2)c1)N1CCOCC1. The molecule has 1 aliphatic rings. The van der Waals surface area contributed by atoms with Crippen LogP contribution in [0.5, 0.6) is 5.75 Å². The Hall–Kier alpha value is -3.85. The van der Waals surface area contributed by atoms with Crippen LogP contribution in [0.2, 0.25) is 5.02 Å². The first-order valence-electron chi connectivity index (χ1n) is 15.6. The zero-order chi connectivity index (χ0) is 32.4. The Balaban J connectivity index is 1.27. The molecular weight excluding hydrogens is 613 g/mol. The normalized spacial score (nSPS) is 13.7. The zero-order valence-corrected chi connectivity index (χ0v) is 26.4. The molecular formula is C37H38ClF3N2O3. The van der Waals surface area contributed by atoms with E-state index in [1.807, 2.05) is 48.5 Å². The molecule has 5 rings (SSSR count). The summed E-state index contributed by atoms with van der Waals surface area (Å²) in [5.41, 5.74) is 2.45. The highest BCUT2D eigenvalue weighted by Gasteiger charge is 2.34. The quantitative estimate of drug-likeness (QED) is 0.137. The first kappa shape index (κ1) is 33.5. The minimum absolute atomic E-state index is 0.00923. The molecule has 0 aliphatic carbocycles. The van der Waals surface area contributed by atoms with Gasteiger partial charge >= 0.3 is 6.18 Å². The average molecular weight is 651 g/mol. The molecule has 1 fully saturated rings. The Kier molecular flexibility index (Phi) is 11.7. The smallest absolute Gasteiger partial charge is 0.417 e. The molecule has 1 heterocycles. The van der Waals surface area contributed by atoms with Gasteiger partial charge in [0.05, 0.1) is 30.4 Å². The molecule has 4 aromatic carbocycles. The van der Waals surface area contributed by atoms with Gasteiger partial charge in [0.25, 0.3) is 5.91 Å². The van der Waals surface area contributed by atoms with Gasteiger partial charge in [-0.2, -0.15) is 13.2 Å². The summed E-state index contributed by atoms with van der Waals surface area (Å²) in [6, 6.07) is 31.6. The van der Waals surface area contributed by atoms with E-state index in [4.69, 9.17) is 21.1 Å². The Morgan fingerprint density at radius 3 is 2.17 bits per heavy atom. The summed E-state index contributed by atoms with van der Waals surface area (Å²) in [6.07, 6.45) is -3.06. The van der Waals surface area contributed by atoms with Crippen LogP contribution in [0.15, 0.2) is 103 Å². The van der Waals surface area contributed by atoms with E-state index in [0.29, 0.717) is 62.9 Å². The van der Waals surface area contributed by atoms with Gasteiger partial charge in [0.2, 0.25) is 0 Å². The maximum Gasteiger partial charge on any atom is 0.417 e. The van der Waals surface area contributed by atoms with E-state index in [1.54, 1.807) is 23.1 Å². The first-order valence-corrected chi connectivity index (χ1v) is 15.9. The van der Waals surface area contributed by atoms with Crippen LogP contribution in [-0.4, -0.2) is 61.7 Å². The lowest BCUT2D eigenvalue weighted by Gasteiger charge is -2.29. The lowest BCUT2D eigenvalue weighted by Crippen LogP contribution is -2.40. The average Bonchev–Trinajstić information content (AvgIpc) is 3.08. The molecule has 4 aromatic rings. The molecule has 5 nitrogen and oxygen atoms in total. The van der Waals surface area contributed by atoms with E-state index in [9.17, 15) is 18.0 Å². The fourth-order valence-corrected chi connectivity index (χ4v) is 6.02. The summed E-state index contributed by atoms with van der Waals surface area (Å²) in [5, 5.41) is -0.259. The van der Waals surface area contributed by atoms with Crippen LogP contribution >= 0.6 is 11.6 Å². The van der Waals surface area contributed by atoms with Crippen molar-refractivity contribution in [3.8, 4) is 5.75 Å². The van der Waals surface area contributed by atoms with Crippen LogP contribution in [0.3, 0.4) is 0 Å². The number of ether oxygens (including phenoxy) is 2. The topological polar surface area (TPSA) is 42.0 Å². The molecule has 0 radical (unpaired) electrons. The van der Waals surface area contributed by atoms with Crippen molar-refractivity contribution in [2.24, 2.45) is 0 Å². The van der Waals surface area contributed by atoms with Crippen molar-refractivity contribution >= 4 is 17.5 Å². The van der Waals surface area contributed by atoms with E-state index in [1.165, 1.54) is 6.07 Å². The second-order valence-electron chi connectivity index (χ2n) is 11.4. The molecule has 1 amide bonds. The molecule has 46 heavy (non-hydrogen) atoms. The molecule has 1 saturated heterocycles. The van der Waals surface area contributed by atoms with Crippen LogP contribution in [0.4, 0.5) is 13.2 Å². The van der Waals surface area contributed by atoms with E-state index >= 15 is 0 Å². The summed E-state index contributed by atoms with van der Waals surface area (Å²) < 4.78 is 52.4. The number of halogens is 4. The van der Waals surface area contributed by atoms with E-state index in [2.05, 4.69) is 29.2 Å². The number of carbonyl (C=O) groups excluding carboxylic acids is 1. The van der Waals surface area contributed by atoms with Gasteiger partial charge in [0.15, 0.2) is 0 Å². The van der Waals surface area contributed by atoms with E-state index < -0.39 is 11.7 Å². The van der Waals surface area contributed by atoms with Gasteiger partial charge in [-0.05, 0) is 60.3 Å². The van der Waals surface area contributed by atoms with Gasteiger partial charge in [0, 0.05) is 37.7 Å². The number of amides is 1. The fourth-order valence-electron chi connectivity index (χ4n) is 5.72. The van der Waals surface area contributed by atoms with Crippen molar-refractivity contribution in [3.63, 3.8) is 0 Å². The fraction of sp³-hybridized carbons (Fsp3) is 0.324. The lowest BCUT2D eigenvalue weighted by molar-refractivity contribution is -0.137. The number of alkyl halides is 3. The van der Waals surface area contributed by atoms with E-state index in [-0.39, 0.29) is 23.4 Å². The molecule has 0 spiro atoms. The molecule has 0 N–H and O–H groups in total. The minimum atomic E-state index is -4.53. The standard InChI is InChI=1S/C37H38ClF3N2O3/c38-35-31(16-10-18-34(35)37(39,40)41)26-42(27-33(28-11-3-1-4-12-28)29-13-5-2-6-14-29)19-7-8-22-46-32-17-9-15-30(25-32)36(44)43-20-23-45-24-21-43/h1-6,9-18,25,33H,7-8,19-24,26-27H2. The van der Waals surface area contributed by atoms with Crippen LogP contribution in [0.1, 0.15) is 51.4 Å². The number of carbonyl (C=O) groups is 1. The second kappa shape index (κ2) is 16.1. The molecule has 0 bridgehead atoms. The van der Waals surface area contributed by atoms with Crippen LogP contribution in [0, 0.1) is 0 Å². The van der Waals surface area contributed by atoms with Gasteiger partial charge in [-0.3, -0.25) is 9.69 Å². The van der Waals surface area contributed by atoms with Gasteiger partial charge in [-0.1, -0.05) is 90.5 Å².